The Morgan fingerprint density at radius 1 is 1.19 bits per heavy atom. The van der Waals surface area contributed by atoms with Crippen LogP contribution in [0.25, 0.3) is 0 Å². The van der Waals surface area contributed by atoms with E-state index in [1.165, 1.54) is 0 Å². The van der Waals surface area contributed by atoms with Crippen molar-refractivity contribution in [2.24, 2.45) is 5.92 Å². The van der Waals surface area contributed by atoms with Gasteiger partial charge in [-0.3, -0.25) is 9.59 Å². The maximum Gasteiger partial charge on any atom is 0.304 e. The first kappa shape index (κ1) is 15.7. The lowest BCUT2D eigenvalue weighted by Crippen LogP contribution is -2.36. The molecule has 114 valence electrons. The number of nitrogens with one attached hydrogen (secondary N) is 1. The largest absolute Gasteiger partial charge is 0.481 e. The van der Waals surface area contributed by atoms with E-state index in [4.69, 9.17) is 5.11 Å². The van der Waals surface area contributed by atoms with E-state index in [2.05, 4.69) is 10.2 Å². The fourth-order valence-electron chi connectivity index (χ4n) is 2.68. The third-order valence-electron chi connectivity index (χ3n) is 3.76. The molecule has 0 saturated carbocycles. The standard InChI is InChI=1S/C16H22N2O3/c19-15(20)11-14(12-18-9-4-7-17-8-10-18)16(21)13-5-2-1-3-6-13/h1-3,5-6,14,17H,4,7-12H2,(H,19,20). The maximum atomic E-state index is 12.5. The van der Waals surface area contributed by atoms with Gasteiger partial charge in [0.15, 0.2) is 5.78 Å². The molecule has 0 radical (unpaired) electrons. The van der Waals surface area contributed by atoms with E-state index in [0.29, 0.717) is 12.1 Å². The summed E-state index contributed by atoms with van der Waals surface area (Å²) in [7, 11) is 0. The van der Waals surface area contributed by atoms with Crippen molar-refractivity contribution in [3.05, 3.63) is 35.9 Å². The fraction of sp³-hybridized carbons (Fsp3) is 0.500. The molecule has 2 rings (SSSR count). The van der Waals surface area contributed by atoms with Crippen LogP contribution in [0.1, 0.15) is 23.2 Å². The van der Waals surface area contributed by atoms with Crippen LogP contribution in [-0.2, 0) is 4.79 Å². The first-order valence-electron chi connectivity index (χ1n) is 7.41. The van der Waals surface area contributed by atoms with Gasteiger partial charge in [0.25, 0.3) is 0 Å². The van der Waals surface area contributed by atoms with E-state index in [1.807, 2.05) is 6.07 Å². The predicted octanol–water partition coefficient (Wildman–Crippen LogP) is 1.26. The summed E-state index contributed by atoms with van der Waals surface area (Å²) in [5.74, 6) is -1.48. The van der Waals surface area contributed by atoms with Crippen LogP contribution in [0.15, 0.2) is 30.3 Å². The molecule has 5 heteroatoms. The maximum absolute atomic E-state index is 12.5. The highest BCUT2D eigenvalue weighted by molar-refractivity contribution is 5.99. The fourth-order valence-corrected chi connectivity index (χ4v) is 2.68. The molecule has 1 saturated heterocycles. The number of hydrogen-bond acceptors (Lipinski definition) is 4. The van der Waals surface area contributed by atoms with Crippen LogP contribution in [0.4, 0.5) is 0 Å². The van der Waals surface area contributed by atoms with Crippen molar-refractivity contribution in [3.63, 3.8) is 0 Å². The van der Waals surface area contributed by atoms with Gasteiger partial charge in [0, 0.05) is 31.1 Å². The molecule has 21 heavy (non-hydrogen) atoms. The zero-order chi connectivity index (χ0) is 15.1. The Hall–Kier alpha value is -1.72. The van der Waals surface area contributed by atoms with Gasteiger partial charge >= 0.3 is 5.97 Å². The Kier molecular flexibility index (Phi) is 5.90. The van der Waals surface area contributed by atoms with Crippen LogP contribution in [0.2, 0.25) is 0 Å². The third-order valence-corrected chi connectivity index (χ3v) is 3.76. The van der Waals surface area contributed by atoms with Crippen molar-refractivity contribution < 1.29 is 14.7 Å². The van der Waals surface area contributed by atoms with E-state index >= 15 is 0 Å². The van der Waals surface area contributed by atoms with Gasteiger partial charge in [0.2, 0.25) is 0 Å². The molecule has 1 aliphatic heterocycles. The highest BCUT2D eigenvalue weighted by Gasteiger charge is 2.25. The topological polar surface area (TPSA) is 69.6 Å². The van der Waals surface area contributed by atoms with E-state index in [0.717, 1.165) is 32.6 Å². The first-order valence-corrected chi connectivity index (χ1v) is 7.41. The molecule has 1 aromatic carbocycles. The summed E-state index contributed by atoms with van der Waals surface area (Å²) >= 11 is 0. The highest BCUT2D eigenvalue weighted by atomic mass is 16.4. The molecule has 0 amide bonds. The van der Waals surface area contributed by atoms with Crippen LogP contribution >= 0.6 is 0 Å². The predicted molar refractivity (Wildman–Crippen MR) is 80.4 cm³/mol. The molecular weight excluding hydrogens is 268 g/mol. The summed E-state index contributed by atoms with van der Waals surface area (Å²) in [5.41, 5.74) is 0.594. The summed E-state index contributed by atoms with van der Waals surface area (Å²) < 4.78 is 0. The number of Topliss-reactive ketones (excluding diaryl/α,β-unsaturated/α-hetero) is 1. The monoisotopic (exact) mass is 290 g/mol. The zero-order valence-corrected chi connectivity index (χ0v) is 12.1. The normalized spacial score (nSPS) is 17.9. The average Bonchev–Trinajstić information content (AvgIpc) is 2.75. The Bertz CT molecular complexity index is 468. The number of nitrogens with zero attached hydrogens (tertiary/aromatic N) is 1. The number of aliphatic carboxylic acids is 1. The number of ketones is 1. The molecule has 0 spiro atoms. The molecule has 5 nitrogen and oxygen atoms in total. The zero-order valence-electron chi connectivity index (χ0n) is 12.1. The molecule has 1 atom stereocenters. The second-order valence-corrected chi connectivity index (χ2v) is 5.43. The molecular formula is C16H22N2O3. The number of benzene rings is 1. The van der Waals surface area contributed by atoms with Gasteiger partial charge < -0.3 is 15.3 Å². The Morgan fingerprint density at radius 2 is 1.95 bits per heavy atom. The minimum atomic E-state index is -0.919. The number of hydrogen-bond donors (Lipinski definition) is 2. The minimum Gasteiger partial charge on any atom is -0.481 e. The summed E-state index contributed by atoms with van der Waals surface area (Å²) in [4.78, 5) is 25.8. The van der Waals surface area contributed by atoms with E-state index < -0.39 is 11.9 Å². The van der Waals surface area contributed by atoms with Crippen molar-refractivity contribution in [2.45, 2.75) is 12.8 Å². The summed E-state index contributed by atoms with van der Waals surface area (Å²) in [5, 5.41) is 12.4. The Balaban J connectivity index is 2.06. The molecule has 1 fully saturated rings. The van der Waals surface area contributed by atoms with Crippen molar-refractivity contribution in [2.75, 3.05) is 32.7 Å². The quantitative estimate of drug-likeness (QED) is 0.772. The lowest BCUT2D eigenvalue weighted by atomic mass is 9.94. The van der Waals surface area contributed by atoms with E-state index in [1.54, 1.807) is 24.3 Å². The highest BCUT2D eigenvalue weighted by Crippen LogP contribution is 2.15. The molecule has 1 heterocycles. The van der Waals surface area contributed by atoms with Gasteiger partial charge in [-0.05, 0) is 19.5 Å². The molecule has 0 aliphatic carbocycles. The van der Waals surface area contributed by atoms with Crippen molar-refractivity contribution in [1.82, 2.24) is 10.2 Å². The number of carboxylic acids is 1. The first-order chi connectivity index (χ1) is 10.2. The smallest absolute Gasteiger partial charge is 0.304 e. The Morgan fingerprint density at radius 3 is 2.67 bits per heavy atom. The Labute approximate surface area is 125 Å². The molecule has 1 aliphatic rings. The van der Waals surface area contributed by atoms with Crippen molar-refractivity contribution in [1.29, 1.82) is 0 Å². The molecule has 2 N–H and O–H groups in total. The number of carbonyl (C=O) groups is 2. The summed E-state index contributed by atoms with van der Waals surface area (Å²) in [6.45, 7) is 4.15. The van der Waals surface area contributed by atoms with Crippen LogP contribution in [-0.4, -0.2) is 54.5 Å². The van der Waals surface area contributed by atoms with Gasteiger partial charge in [-0.15, -0.1) is 0 Å². The average molecular weight is 290 g/mol. The van der Waals surface area contributed by atoms with Gasteiger partial charge in [0.1, 0.15) is 0 Å². The lowest BCUT2D eigenvalue weighted by molar-refractivity contribution is -0.137. The van der Waals surface area contributed by atoms with Crippen molar-refractivity contribution in [3.8, 4) is 0 Å². The van der Waals surface area contributed by atoms with Crippen LogP contribution in [0, 0.1) is 5.92 Å². The van der Waals surface area contributed by atoms with Gasteiger partial charge in [-0.2, -0.15) is 0 Å². The van der Waals surface area contributed by atoms with Crippen LogP contribution in [0.5, 0.6) is 0 Å². The van der Waals surface area contributed by atoms with Crippen molar-refractivity contribution >= 4 is 11.8 Å². The molecule has 1 aromatic rings. The molecule has 1 unspecified atom stereocenters. The summed E-state index contributed by atoms with van der Waals surface area (Å²) in [6, 6.07) is 8.97. The van der Waals surface area contributed by atoms with E-state index in [9.17, 15) is 9.59 Å². The van der Waals surface area contributed by atoms with Crippen LogP contribution in [0.3, 0.4) is 0 Å². The van der Waals surface area contributed by atoms with E-state index in [-0.39, 0.29) is 12.2 Å². The van der Waals surface area contributed by atoms with Gasteiger partial charge in [-0.1, -0.05) is 30.3 Å². The third kappa shape index (κ3) is 4.95. The number of carboxylic acid groups (broad SMARTS) is 1. The van der Waals surface area contributed by atoms with Gasteiger partial charge in [0.05, 0.1) is 6.42 Å². The molecule has 0 bridgehead atoms. The van der Waals surface area contributed by atoms with Crippen LogP contribution < -0.4 is 5.32 Å². The number of carbonyl (C=O) groups excluding carboxylic acids is 1. The second kappa shape index (κ2) is 7.90. The number of rotatable bonds is 6. The lowest BCUT2D eigenvalue weighted by Gasteiger charge is -2.24. The SMILES string of the molecule is O=C(O)CC(CN1CCCNCC1)C(=O)c1ccccc1. The summed E-state index contributed by atoms with van der Waals surface area (Å²) in [6.07, 6.45) is 0.914. The van der Waals surface area contributed by atoms with Gasteiger partial charge in [-0.25, -0.2) is 0 Å². The molecule has 0 aromatic heterocycles. The minimum absolute atomic E-state index is 0.0739. The second-order valence-electron chi connectivity index (χ2n) is 5.43.